The number of hydrogen-bond acceptors (Lipinski definition) is 1. The van der Waals surface area contributed by atoms with E-state index in [4.69, 9.17) is 0 Å². The second-order valence-corrected chi connectivity index (χ2v) is 4.02. The summed E-state index contributed by atoms with van der Waals surface area (Å²) in [6.07, 6.45) is 4.40. The van der Waals surface area contributed by atoms with Crippen molar-refractivity contribution >= 4 is 9.68 Å². The summed E-state index contributed by atoms with van der Waals surface area (Å²) in [5.74, 6) is 0. The molecular formula is C6H15NSi. The van der Waals surface area contributed by atoms with Crippen LogP contribution in [0.2, 0.25) is 6.55 Å². The molecular weight excluding hydrogens is 114 g/mol. The van der Waals surface area contributed by atoms with E-state index in [1.165, 1.54) is 32.4 Å². The Morgan fingerprint density at radius 3 is 2.12 bits per heavy atom. The number of nitrogens with zero attached hydrogens (tertiary/aromatic N) is 1. The quantitative estimate of drug-likeness (QED) is 0.469. The monoisotopic (exact) mass is 129 g/mol. The highest BCUT2D eigenvalue weighted by molar-refractivity contribution is 6.29. The Bertz CT molecular complexity index is 59.5. The van der Waals surface area contributed by atoms with Crippen LogP contribution in [-0.2, 0) is 0 Å². The van der Waals surface area contributed by atoms with E-state index in [-0.39, 0.29) is 9.68 Å². The van der Waals surface area contributed by atoms with Gasteiger partial charge in [-0.2, -0.15) is 0 Å². The van der Waals surface area contributed by atoms with Gasteiger partial charge in [0.2, 0.25) is 0 Å². The van der Waals surface area contributed by atoms with E-state index in [1.807, 2.05) is 0 Å². The Kier molecular flexibility index (Phi) is 2.56. The Labute approximate surface area is 54.0 Å². The summed E-state index contributed by atoms with van der Waals surface area (Å²) < 4.78 is 2.66. The fourth-order valence-electron chi connectivity index (χ4n) is 1.28. The Hall–Kier alpha value is 0.177. The van der Waals surface area contributed by atoms with Gasteiger partial charge in [0.1, 0.15) is 0 Å². The van der Waals surface area contributed by atoms with Gasteiger partial charge in [0.25, 0.3) is 0 Å². The zero-order valence-electron chi connectivity index (χ0n) is 5.69. The highest BCUT2D eigenvalue weighted by atomic mass is 28.2. The second-order valence-electron chi connectivity index (χ2n) is 2.49. The second kappa shape index (κ2) is 3.25. The molecule has 0 aromatic rings. The van der Waals surface area contributed by atoms with Crippen LogP contribution in [0.1, 0.15) is 19.3 Å². The van der Waals surface area contributed by atoms with Crippen molar-refractivity contribution in [2.75, 3.05) is 13.1 Å². The SMILES string of the molecule is C[SiH2]N1CCCCC1. The van der Waals surface area contributed by atoms with Crippen molar-refractivity contribution in [3.63, 3.8) is 0 Å². The molecule has 0 atom stereocenters. The normalized spacial score (nSPS) is 25.1. The average Bonchev–Trinajstić information content (AvgIpc) is 1.90. The molecule has 0 N–H and O–H groups in total. The fraction of sp³-hybridized carbons (Fsp3) is 1.00. The average molecular weight is 129 g/mol. The van der Waals surface area contributed by atoms with E-state index in [2.05, 4.69) is 11.1 Å². The van der Waals surface area contributed by atoms with Crippen LogP contribution < -0.4 is 0 Å². The summed E-state index contributed by atoms with van der Waals surface area (Å²) in [7, 11) is 0.202. The lowest BCUT2D eigenvalue weighted by Crippen LogP contribution is -2.31. The van der Waals surface area contributed by atoms with Gasteiger partial charge in [0.15, 0.2) is 0 Å². The van der Waals surface area contributed by atoms with Crippen molar-refractivity contribution < 1.29 is 0 Å². The highest BCUT2D eigenvalue weighted by Gasteiger charge is 2.05. The Morgan fingerprint density at radius 2 is 1.75 bits per heavy atom. The zero-order chi connectivity index (χ0) is 5.82. The molecule has 2 heteroatoms. The maximum absolute atomic E-state index is 2.66. The molecule has 0 aliphatic carbocycles. The van der Waals surface area contributed by atoms with Crippen molar-refractivity contribution in [2.45, 2.75) is 25.8 Å². The minimum Gasteiger partial charge on any atom is -0.329 e. The summed E-state index contributed by atoms with van der Waals surface area (Å²) in [5, 5.41) is 0. The number of piperidine rings is 1. The third-order valence-electron chi connectivity index (χ3n) is 1.90. The first-order valence-electron chi connectivity index (χ1n) is 3.66. The van der Waals surface area contributed by atoms with Gasteiger partial charge >= 0.3 is 0 Å². The molecule has 1 nitrogen and oxygen atoms in total. The first-order valence-corrected chi connectivity index (χ1v) is 5.70. The highest BCUT2D eigenvalue weighted by Crippen LogP contribution is 2.05. The Morgan fingerprint density at radius 1 is 1.12 bits per heavy atom. The molecule has 48 valence electrons. The van der Waals surface area contributed by atoms with E-state index < -0.39 is 0 Å². The largest absolute Gasteiger partial charge is 0.329 e. The van der Waals surface area contributed by atoms with Crippen LogP contribution >= 0.6 is 0 Å². The molecule has 1 aliphatic heterocycles. The molecule has 0 radical (unpaired) electrons. The van der Waals surface area contributed by atoms with Gasteiger partial charge < -0.3 is 4.57 Å². The van der Waals surface area contributed by atoms with Gasteiger partial charge in [-0.1, -0.05) is 13.0 Å². The lowest BCUT2D eigenvalue weighted by molar-refractivity contribution is 0.361. The van der Waals surface area contributed by atoms with Crippen molar-refractivity contribution in [3.8, 4) is 0 Å². The van der Waals surface area contributed by atoms with Crippen LogP contribution in [0.25, 0.3) is 0 Å². The molecule has 0 saturated carbocycles. The minimum atomic E-state index is 0.202. The fourth-order valence-corrected chi connectivity index (χ4v) is 2.36. The van der Waals surface area contributed by atoms with Gasteiger partial charge in [-0.05, 0) is 25.9 Å². The molecule has 1 heterocycles. The van der Waals surface area contributed by atoms with E-state index in [0.29, 0.717) is 0 Å². The van der Waals surface area contributed by atoms with Crippen LogP contribution in [0.3, 0.4) is 0 Å². The Balaban J connectivity index is 2.13. The lowest BCUT2D eigenvalue weighted by atomic mass is 10.2. The zero-order valence-corrected chi connectivity index (χ0v) is 7.10. The molecule has 0 unspecified atom stereocenters. The molecule has 8 heavy (non-hydrogen) atoms. The van der Waals surface area contributed by atoms with E-state index in [1.54, 1.807) is 0 Å². The smallest absolute Gasteiger partial charge is 0.0919 e. The number of hydrogen-bond donors (Lipinski definition) is 0. The van der Waals surface area contributed by atoms with Gasteiger partial charge in [-0.25, -0.2) is 0 Å². The molecule has 0 aromatic carbocycles. The van der Waals surface area contributed by atoms with Gasteiger partial charge in [0.05, 0.1) is 9.68 Å². The van der Waals surface area contributed by atoms with E-state index in [9.17, 15) is 0 Å². The van der Waals surface area contributed by atoms with Crippen molar-refractivity contribution in [1.29, 1.82) is 0 Å². The summed E-state index contributed by atoms with van der Waals surface area (Å²) in [6, 6.07) is 0. The van der Waals surface area contributed by atoms with Gasteiger partial charge in [0, 0.05) is 0 Å². The van der Waals surface area contributed by atoms with Crippen LogP contribution in [0.4, 0.5) is 0 Å². The van der Waals surface area contributed by atoms with Crippen molar-refractivity contribution in [2.24, 2.45) is 0 Å². The summed E-state index contributed by atoms with van der Waals surface area (Å²) >= 11 is 0. The van der Waals surface area contributed by atoms with Crippen LogP contribution in [0.5, 0.6) is 0 Å². The molecule has 0 spiro atoms. The maximum atomic E-state index is 2.66. The minimum absolute atomic E-state index is 0.202. The molecule has 1 saturated heterocycles. The van der Waals surface area contributed by atoms with Gasteiger partial charge in [-0.3, -0.25) is 0 Å². The van der Waals surface area contributed by atoms with Crippen molar-refractivity contribution in [1.82, 2.24) is 4.57 Å². The predicted octanol–water partition coefficient (Wildman–Crippen LogP) is 0.604. The molecule has 1 rings (SSSR count). The van der Waals surface area contributed by atoms with Crippen LogP contribution in [-0.4, -0.2) is 27.3 Å². The summed E-state index contributed by atoms with van der Waals surface area (Å²) in [5.41, 5.74) is 0. The molecule has 0 aromatic heterocycles. The molecule has 0 amide bonds. The van der Waals surface area contributed by atoms with Gasteiger partial charge in [-0.15, -0.1) is 0 Å². The lowest BCUT2D eigenvalue weighted by Gasteiger charge is -2.24. The van der Waals surface area contributed by atoms with Crippen LogP contribution in [0, 0.1) is 0 Å². The standard InChI is InChI=1S/C6H15NSi/c1-8-7-5-3-2-4-6-7/h2-6,8H2,1H3. The van der Waals surface area contributed by atoms with E-state index >= 15 is 0 Å². The number of rotatable bonds is 1. The molecule has 1 aliphatic rings. The first-order chi connectivity index (χ1) is 3.93. The third kappa shape index (κ3) is 1.60. The molecule has 0 bridgehead atoms. The summed E-state index contributed by atoms with van der Waals surface area (Å²) in [4.78, 5) is 0. The van der Waals surface area contributed by atoms with Crippen LogP contribution in [0.15, 0.2) is 0 Å². The predicted molar refractivity (Wildman–Crippen MR) is 39.8 cm³/mol. The molecule has 1 fully saturated rings. The summed E-state index contributed by atoms with van der Waals surface area (Å²) in [6.45, 7) is 5.19. The topological polar surface area (TPSA) is 3.24 Å². The van der Waals surface area contributed by atoms with E-state index in [0.717, 1.165) is 0 Å². The third-order valence-corrected chi connectivity index (χ3v) is 3.42. The maximum Gasteiger partial charge on any atom is 0.0919 e. The first kappa shape index (κ1) is 6.30. The van der Waals surface area contributed by atoms with Crippen molar-refractivity contribution in [3.05, 3.63) is 0 Å².